The molecule has 0 fully saturated rings. The van der Waals surface area contributed by atoms with E-state index in [1.807, 2.05) is 6.07 Å². The Kier molecular flexibility index (Phi) is 2.63. The van der Waals surface area contributed by atoms with Crippen LogP contribution in [0.1, 0.15) is 15.9 Å². The lowest BCUT2D eigenvalue weighted by Crippen LogP contribution is -1.97. The van der Waals surface area contributed by atoms with Gasteiger partial charge in [0.1, 0.15) is 6.07 Å². The van der Waals surface area contributed by atoms with Crippen molar-refractivity contribution in [2.24, 2.45) is 0 Å². The molecular weight excluding hydrogens is 220 g/mol. The van der Waals surface area contributed by atoms with Crippen molar-refractivity contribution in [1.82, 2.24) is 4.98 Å². The Labute approximate surface area is 96.9 Å². The molecule has 0 atom stereocenters. The highest BCUT2D eigenvalue weighted by Crippen LogP contribution is 2.22. The van der Waals surface area contributed by atoms with Crippen LogP contribution in [0.5, 0.6) is 5.88 Å². The molecule has 1 aromatic carbocycles. The second-order valence-corrected chi connectivity index (χ2v) is 3.36. The minimum atomic E-state index is -1.04. The van der Waals surface area contributed by atoms with Crippen molar-refractivity contribution < 1.29 is 14.6 Å². The molecular formula is C12H8N2O3. The molecule has 0 bridgehead atoms. The molecule has 1 aromatic heterocycles. The van der Waals surface area contributed by atoms with Gasteiger partial charge in [0.05, 0.1) is 23.8 Å². The van der Waals surface area contributed by atoms with Crippen molar-refractivity contribution in [2.75, 3.05) is 7.11 Å². The van der Waals surface area contributed by atoms with Crippen molar-refractivity contribution in [1.29, 1.82) is 5.26 Å². The molecule has 0 aliphatic rings. The maximum Gasteiger partial charge on any atom is 0.335 e. The Bertz CT molecular complexity index is 644. The van der Waals surface area contributed by atoms with E-state index in [9.17, 15) is 4.79 Å². The molecule has 2 rings (SSSR count). The van der Waals surface area contributed by atoms with Crippen molar-refractivity contribution >= 4 is 16.9 Å². The smallest absolute Gasteiger partial charge is 0.335 e. The standard InChI is InChI=1S/C12H8N2O3/c1-17-11-5-8(6-13)9-4-7(12(15)16)2-3-10(9)14-11/h2-5H,1H3,(H,15,16). The first kappa shape index (κ1) is 10.9. The molecule has 0 aliphatic carbocycles. The van der Waals surface area contributed by atoms with Gasteiger partial charge >= 0.3 is 5.97 Å². The summed E-state index contributed by atoms with van der Waals surface area (Å²) >= 11 is 0. The van der Waals surface area contributed by atoms with Gasteiger partial charge in [0.25, 0.3) is 0 Å². The molecule has 5 heteroatoms. The molecule has 0 radical (unpaired) electrons. The highest BCUT2D eigenvalue weighted by molar-refractivity contribution is 5.95. The molecule has 0 amide bonds. The van der Waals surface area contributed by atoms with E-state index in [0.717, 1.165) is 0 Å². The van der Waals surface area contributed by atoms with E-state index in [1.165, 1.54) is 25.3 Å². The third-order valence-corrected chi connectivity index (χ3v) is 2.36. The molecule has 0 aliphatic heterocycles. The normalized spacial score (nSPS) is 9.88. The zero-order valence-electron chi connectivity index (χ0n) is 8.97. The number of ether oxygens (including phenoxy) is 1. The molecule has 0 saturated heterocycles. The summed E-state index contributed by atoms with van der Waals surface area (Å²) in [4.78, 5) is 15.0. The molecule has 1 N–H and O–H groups in total. The molecule has 17 heavy (non-hydrogen) atoms. The summed E-state index contributed by atoms with van der Waals surface area (Å²) in [7, 11) is 1.46. The third kappa shape index (κ3) is 1.88. The number of nitrogens with zero attached hydrogens (tertiary/aromatic N) is 2. The summed E-state index contributed by atoms with van der Waals surface area (Å²) in [5, 5.41) is 18.4. The average molecular weight is 228 g/mol. The number of nitriles is 1. The predicted molar refractivity (Wildman–Crippen MR) is 60.0 cm³/mol. The fourth-order valence-corrected chi connectivity index (χ4v) is 1.53. The van der Waals surface area contributed by atoms with Crippen LogP contribution in [0, 0.1) is 11.3 Å². The number of carboxylic acid groups (broad SMARTS) is 1. The first-order chi connectivity index (χ1) is 8.15. The quantitative estimate of drug-likeness (QED) is 0.847. The number of aromatic nitrogens is 1. The zero-order chi connectivity index (χ0) is 12.4. The number of methoxy groups -OCH3 is 1. The second-order valence-electron chi connectivity index (χ2n) is 3.36. The number of carbonyl (C=O) groups is 1. The molecule has 1 heterocycles. The van der Waals surface area contributed by atoms with Crippen molar-refractivity contribution in [3.8, 4) is 11.9 Å². The number of hydrogen-bond donors (Lipinski definition) is 1. The number of benzene rings is 1. The van der Waals surface area contributed by atoms with Gasteiger partial charge in [-0.05, 0) is 18.2 Å². The van der Waals surface area contributed by atoms with Crippen molar-refractivity contribution in [2.45, 2.75) is 0 Å². The molecule has 5 nitrogen and oxygen atoms in total. The summed E-state index contributed by atoms with van der Waals surface area (Å²) in [6.07, 6.45) is 0. The highest BCUT2D eigenvalue weighted by atomic mass is 16.5. The molecule has 0 unspecified atom stereocenters. The zero-order valence-corrected chi connectivity index (χ0v) is 8.97. The van der Waals surface area contributed by atoms with E-state index in [0.29, 0.717) is 22.3 Å². The Morgan fingerprint density at radius 1 is 1.47 bits per heavy atom. The largest absolute Gasteiger partial charge is 0.481 e. The average Bonchev–Trinajstić information content (AvgIpc) is 2.36. The van der Waals surface area contributed by atoms with Gasteiger partial charge in [-0.3, -0.25) is 0 Å². The molecule has 2 aromatic rings. The fraction of sp³-hybridized carbons (Fsp3) is 0.0833. The summed E-state index contributed by atoms with van der Waals surface area (Å²) in [5.74, 6) is -0.705. The maximum absolute atomic E-state index is 10.8. The first-order valence-corrected chi connectivity index (χ1v) is 4.78. The lowest BCUT2D eigenvalue weighted by atomic mass is 10.1. The maximum atomic E-state index is 10.8. The van der Waals surface area contributed by atoms with Gasteiger partial charge < -0.3 is 9.84 Å². The summed E-state index contributed by atoms with van der Waals surface area (Å²) in [6, 6.07) is 7.91. The molecule has 0 spiro atoms. The Balaban J connectivity index is 2.77. The van der Waals surface area contributed by atoms with Crippen LogP contribution >= 0.6 is 0 Å². The van der Waals surface area contributed by atoms with Crippen LogP contribution in [0.2, 0.25) is 0 Å². The van der Waals surface area contributed by atoms with Gasteiger partial charge in [-0.1, -0.05) is 0 Å². The van der Waals surface area contributed by atoms with Gasteiger partial charge in [0.15, 0.2) is 0 Å². The van der Waals surface area contributed by atoms with Crippen LogP contribution < -0.4 is 4.74 Å². The SMILES string of the molecule is COc1cc(C#N)c2cc(C(=O)O)ccc2n1. The third-order valence-electron chi connectivity index (χ3n) is 2.36. The van der Waals surface area contributed by atoms with Gasteiger partial charge in [-0.2, -0.15) is 5.26 Å². The number of rotatable bonds is 2. The number of aromatic carboxylic acids is 1. The Hall–Kier alpha value is -2.61. The topological polar surface area (TPSA) is 83.2 Å². The number of pyridine rings is 1. The van der Waals surface area contributed by atoms with Crippen LogP contribution in [-0.2, 0) is 0 Å². The predicted octanol–water partition coefficient (Wildman–Crippen LogP) is 1.81. The first-order valence-electron chi connectivity index (χ1n) is 4.78. The Morgan fingerprint density at radius 3 is 2.82 bits per heavy atom. The van der Waals surface area contributed by atoms with E-state index in [2.05, 4.69) is 4.98 Å². The number of hydrogen-bond acceptors (Lipinski definition) is 4. The molecule has 0 saturated carbocycles. The monoisotopic (exact) mass is 228 g/mol. The van der Waals surface area contributed by atoms with E-state index in [1.54, 1.807) is 6.07 Å². The van der Waals surface area contributed by atoms with Crippen LogP contribution in [0.3, 0.4) is 0 Å². The minimum absolute atomic E-state index is 0.126. The second kappa shape index (κ2) is 4.10. The fourth-order valence-electron chi connectivity index (χ4n) is 1.53. The van der Waals surface area contributed by atoms with Crippen LogP contribution in [0.4, 0.5) is 0 Å². The molecule has 84 valence electrons. The van der Waals surface area contributed by atoms with E-state index >= 15 is 0 Å². The van der Waals surface area contributed by atoms with Gasteiger partial charge in [-0.15, -0.1) is 0 Å². The van der Waals surface area contributed by atoms with Crippen molar-refractivity contribution in [3.05, 3.63) is 35.4 Å². The lowest BCUT2D eigenvalue weighted by molar-refractivity contribution is 0.0697. The van der Waals surface area contributed by atoms with Crippen LogP contribution in [-0.4, -0.2) is 23.2 Å². The van der Waals surface area contributed by atoms with Gasteiger partial charge in [0.2, 0.25) is 5.88 Å². The van der Waals surface area contributed by atoms with Gasteiger partial charge in [-0.25, -0.2) is 9.78 Å². The summed E-state index contributed by atoms with van der Waals surface area (Å²) in [5.41, 5.74) is 1.00. The number of fused-ring (bicyclic) bond motifs is 1. The van der Waals surface area contributed by atoms with Crippen LogP contribution in [0.15, 0.2) is 24.3 Å². The summed E-state index contributed by atoms with van der Waals surface area (Å²) < 4.78 is 4.96. The van der Waals surface area contributed by atoms with E-state index in [-0.39, 0.29) is 5.56 Å². The summed E-state index contributed by atoms with van der Waals surface area (Å²) in [6.45, 7) is 0. The van der Waals surface area contributed by atoms with E-state index < -0.39 is 5.97 Å². The van der Waals surface area contributed by atoms with Crippen LogP contribution in [0.25, 0.3) is 10.9 Å². The van der Waals surface area contributed by atoms with Gasteiger partial charge in [0, 0.05) is 11.5 Å². The lowest BCUT2D eigenvalue weighted by Gasteiger charge is -2.04. The minimum Gasteiger partial charge on any atom is -0.481 e. The highest BCUT2D eigenvalue weighted by Gasteiger charge is 2.09. The Morgan fingerprint density at radius 2 is 2.24 bits per heavy atom. The van der Waals surface area contributed by atoms with E-state index in [4.69, 9.17) is 15.1 Å². The number of carboxylic acids is 1. The van der Waals surface area contributed by atoms with Crippen molar-refractivity contribution in [3.63, 3.8) is 0 Å².